The van der Waals surface area contributed by atoms with E-state index in [2.05, 4.69) is 10.5 Å². The number of nitrogens with one attached hydrogen (secondary N) is 1. The molecule has 30 heavy (non-hydrogen) atoms. The molecule has 3 rings (SSSR count). The molecular weight excluding hydrogens is 439 g/mol. The number of fused-ring (bicyclic) bond motifs is 1. The largest absolute Gasteiger partial charge is 1.00 e. The van der Waals surface area contributed by atoms with E-state index in [9.17, 15) is 22.6 Å². The van der Waals surface area contributed by atoms with E-state index in [1.165, 1.54) is 19.1 Å². The molecule has 1 atom stereocenters. The van der Waals surface area contributed by atoms with Crippen molar-refractivity contribution in [3.63, 3.8) is 0 Å². The Hall–Kier alpha value is -1.69. The Kier molecular flexibility index (Phi) is 8.65. The van der Waals surface area contributed by atoms with Crippen molar-refractivity contribution in [2.24, 2.45) is 5.92 Å². The smallest absolute Gasteiger partial charge is 0.744 e. The van der Waals surface area contributed by atoms with E-state index in [1.54, 1.807) is 6.07 Å². The Balaban J connectivity index is 0.00000320. The van der Waals surface area contributed by atoms with Crippen molar-refractivity contribution < 1.29 is 56.6 Å². The summed E-state index contributed by atoms with van der Waals surface area (Å²) in [6.07, 6.45) is 0.260. The van der Waals surface area contributed by atoms with E-state index in [4.69, 9.17) is 4.52 Å². The normalized spacial score (nSPS) is 12.2. The predicted octanol–water partition coefficient (Wildman–Crippen LogP) is -0.187. The summed E-state index contributed by atoms with van der Waals surface area (Å²) >= 11 is 1.03. The van der Waals surface area contributed by atoms with Gasteiger partial charge in [0.2, 0.25) is 5.91 Å². The third-order valence-electron chi connectivity index (χ3n) is 4.16. The Bertz CT molecular complexity index is 1150. The van der Waals surface area contributed by atoms with Gasteiger partial charge in [0.1, 0.15) is 10.1 Å². The summed E-state index contributed by atoms with van der Waals surface area (Å²) in [6, 6.07) is 12.2. The zero-order valence-electron chi connectivity index (χ0n) is 16.3. The molecule has 1 heterocycles. The minimum atomic E-state index is -4.56. The molecule has 1 amide bonds. The number of thioether (sulfide) groups is 1. The van der Waals surface area contributed by atoms with E-state index in [0.717, 1.165) is 29.3 Å². The number of benzene rings is 2. The van der Waals surface area contributed by atoms with Crippen LogP contribution in [0.15, 0.2) is 57.9 Å². The van der Waals surface area contributed by atoms with Crippen molar-refractivity contribution in [3.05, 3.63) is 54.2 Å². The molecule has 0 saturated heterocycles. The fourth-order valence-electron chi connectivity index (χ4n) is 2.71. The molecule has 2 aromatic carbocycles. The van der Waals surface area contributed by atoms with Crippen LogP contribution in [0.1, 0.15) is 12.6 Å². The first kappa shape index (κ1) is 24.6. The molecule has 11 heteroatoms. The van der Waals surface area contributed by atoms with Gasteiger partial charge < -0.3 is 14.4 Å². The van der Waals surface area contributed by atoms with Gasteiger partial charge in [0.25, 0.3) is 0 Å². The van der Waals surface area contributed by atoms with Crippen molar-refractivity contribution >= 4 is 49.6 Å². The van der Waals surface area contributed by atoms with Crippen LogP contribution >= 0.6 is 11.8 Å². The molecule has 0 radical (unpaired) electrons. The first-order valence-corrected chi connectivity index (χ1v) is 11.0. The molecular formula is C19H17N2NaO6S2. The molecule has 1 N–H and O–H groups in total. The summed E-state index contributed by atoms with van der Waals surface area (Å²) in [7, 11) is -4.56. The van der Waals surface area contributed by atoms with E-state index in [1.807, 2.05) is 18.2 Å². The number of nitrogens with zero attached hydrogens (tertiary/aromatic N) is 1. The maximum Gasteiger partial charge on any atom is 1.00 e. The first-order chi connectivity index (χ1) is 13.7. The van der Waals surface area contributed by atoms with Gasteiger partial charge in [-0.2, -0.15) is 0 Å². The molecule has 0 aliphatic carbocycles. The molecule has 0 saturated carbocycles. The summed E-state index contributed by atoms with van der Waals surface area (Å²) in [5.74, 6) is -0.695. The zero-order chi connectivity index (χ0) is 21.0. The summed E-state index contributed by atoms with van der Waals surface area (Å²) in [5, 5.41) is 7.41. The third-order valence-corrected chi connectivity index (χ3v) is 5.99. The van der Waals surface area contributed by atoms with Gasteiger partial charge in [-0.1, -0.05) is 29.1 Å². The quantitative estimate of drug-likeness (QED) is 0.383. The van der Waals surface area contributed by atoms with Crippen molar-refractivity contribution in [3.8, 4) is 0 Å². The number of aromatic nitrogens is 1. The Morgan fingerprint density at radius 1 is 1.17 bits per heavy atom. The van der Waals surface area contributed by atoms with E-state index < -0.39 is 16.0 Å². The summed E-state index contributed by atoms with van der Waals surface area (Å²) in [6.45, 7) is 1.42. The van der Waals surface area contributed by atoms with Gasteiger partial charge in [0.05, 0.1) is 16.5 Å². The molecule has 8 nitrogen and oxygen atoms in total. The van der Waals surface area contributed by atoms with Gasteiger partial charge >= 0.3 is 29.6 Å². The summed E-state index contributed by atoms with van der Waals surface area (Å²) in [4.78, 5) is 23.8. The standard InChI is InChI=1S/C19H18N2O6S2.Na/c1-12(22)28-11-13(10-17-16-4-2-3-5-18(16)27-21-17)19(23)20-14-6-8-15(9-7-14)29(24,25)26;/h2-9,13H,10-11H2,1H3,(H,20,23)(H,24,25,26);/q;+1/p-1. The Morgan fingerprint density at radius 2 is 1.83 bits per heavy atom. The Morgan fingerprint density at radius 3 is 2.47 bits per heavy atom. The minimum absolute atomic E-state index is 0. The maximum atomic E-state index is 12.8. The molecule has 0 spiro atoms. The van der Waals surface area contributed by atoms with Crippen molar-refractivity contribution in [1.29, 1.82) is 0 Å². The van der Waals surface area contributed by atoms with Gasteiger partial charge in [0.15, 0.2) is 10.7 Å². The second kappa shape index (κ2) is 10.6. The molecule has 152 valence electrons. The SMILES string of the molecule is CC(=O)SCC(Cc1noc2ccccc12)C(=O)Nc1ccc(S(=O)(=O)[O-])cc1.[Na+]. The van der Waals surface area contributed by atoms with Crippen LogP contribution in [0.3, 0.4) is 0 Å². The van der Waals surface area contributed by atoms with Gasteiger partial charge in [-0.05, 0) is 36.4 Å². The van der Waals surface area contributed by atoms with E-state index in [0.29, 0.717) is 17.0 Å². The maximum absolute atomic E-state index is 12.8. The second-order valence-electron chi connectivity index (χ2n) is 6.30. The van der Waals surface area contributed by atoms with E-state index >= 15 is 0 Å². The number of rotatable bonds is 7. The van der Waals surface area contributed by atoms with Crippen LogP contribution < -0.4 is 34.9 Å². The number of carbonyl (C=O) groups excluding carboxylic acids is 2. The predicted molar refractivity (Wildman–Crippen MR) is 107 cm³/mol. The molecule has 0 bridgehead atoms. The number of amides is 1. The van der Waals surface area contributed by atoms with Crippen LogP contribution in [0, 0.1) is 5.92 Å². The molecule has 0 aliphatic heterocycles. The van der Waals surface area contributed by atoms with Crippen molar-refractivity contribution in [2.75, 3.05) is 11.1 Å². The van der Waals surface area contributed by atoms with Crippen LogP contribution in [-0.2, 0) is 26.1 Å². The molecule has 0 fully saturated rings. The van der Waals surface area contributed by atoms with Gasteiger partial charge in [-0.25, -0.2) is 8.42 Å². The van der Waals surface area contributed by atoms with Gasteiger partial charge in [0, 0.05) is 30.2 Å². The number of anilines is 1. The van der Waals surface area contributed by atoms with Gasteiger partial charge in [-0.15, -0.1) is 0 Å². The number of hydrogen-bond donors (Lipinski definition) is 1. The third kappa shape index (κ3) is 6.40. The molecule has 1 aromatic heterocycles. The second-order valence-corrected chi connectivity index (χ2v) is 8.87. The molecule has 1 unspecified atom stereocenters. The minimum Gasteiger partial charge on any atom is -0.744 e. The average Bonchev–Trinajstić information content (AvgIpc) is 3.07. The fraction of sp³-hybridized carbons (Fsp3) is 0.211. The van der Waals surface area contributed by atoms with Crippen LogP contribution in [0.2, 0.25) is 0 Å². The molecule has 0 aliphatic rings. The van der Waals surface area contributed by atoms with Crippen molar-refractivity contribution in [1.82, 2.24) is 5.16 Å². The number of carbonyl (C=O) groups is 2. The van der Waals surface area contributed by atoms with Crippen LogP contribution in [0.4, 0.5) is 5.69 Å². The fourth-order valence-corrected chi connectivity index (χ4v) is 3.89. The topological polar surface area (TPSA) is 129 Å². The zero-order valence-corrected chi connectivity index (χ0v) is 20.0. The van der Waals surface area contributed by atoms with Crippen LogP contribution in [-0.4, -0.2) is 34.9 Å². The first-order valence-electron chi connectivity index (χ1n) is 8.57. The van der Waals surface area contributed by atoms with Crippen LogP contribution in [0.5, 0.6) is 0 Å². The number of hydrogen-bond acceptors (Lipinski definition) is 8. The van der Waals surface area contributed by atoms with Crippen molar-refractivity contribution in [2.45, 2.75) is 18.2 Å². The Labute approximate surface area is 199 Å². The number of para-hydroxylation sites is 1. The monoisotopic (exact) mass is 456 g/mol. The summed E-state index contributed by atoms with van der Waals surface area (Å²) < 4.78 is 38.3. The molecule has 3 aromatic rings. The van der Waals surface area contributed by atoms with Crippen LogP contribution in [0.25, 0.3) is 11.0 Å². The van der Waals surface area contributed by atoms with Gasteiger partial charge in [-0.3, -0.25) is 9.59 Å². The average molecular weight is 456 g/mol. The van der Waals surface area contributed by atoms with E-state index in [-0.39, 0.29) is 57.6 Å². The summed E-state index contributed by atoms with van der Waals surface area (Å²) in [5.41, 5.74) is 1.55.